The number of furan rings is 1. The molecule has 0 saturated carbocycles. The van der Waals surface area contributed by atoms with Crippen molar-refractivity contribution in [2.45, 2.75) is 0 Å². The van der Waals surface area contributed by atoms with Gasteiger partial charge in [0, 0.05) is 5.56 Å². The lowest BCUT2D eigenvalue weighted by Gasteiger charge is -2.04. The average molecular weight is 393 g/mol. The Morgan fingerprint density at radius 1 is 0.800 bits per heavy atom. The maximum atomic E-state index is 12.1. The van der Waals surface area contributed by atoms with E-state index in [1.807, 2.05) is 42.5 Å². The molecule has 122 valence electrons. The molecule has 0 N–H and O–H groups in total. The fourth-order valence-corrected chi connectivity index (χ4v) is 2.97. The molecule has 0 atom stereocenters. The fraction of sp³-hybridized carbons (Fsp3) is 0. The summed E-state index contributed by atoms with van der Waals surface area (Å²) in [6.07, 6.45) is 3.40. The first-order chi connectivity index (χ1) is 12.2. The van der Waals surface area contributed by atoms with Crippen LogP contribution in [0.5, 0.6) is 0 Å². The van der Waals surface area contributed by atoms with Crippen molar-refractivity contribution in [3.63, 3.8) is 0 Å². The fourth-order valence-electron chi connectivity index (χ4n) is 2.65. The van der Waals surface area contributed by atoms with Gasteiger partial charge in [0.25, 0.3) is 0 Å². The van der Waals surface area contributed by atoms with Crippen LogP contribution in [0.15, 0.2) is 87.5 Å². The van der Waals surface area contributed by atoms with Gasteiger partial charge in [-0.1, -0.05) is 54.6 Å². The van der Waals surface area contributed by atoms with Crippen LogP contribution in [0, 0.1) is 0 Å². The number of rotatable bonds is 3. The van der Waals surface area contributed by atoms with Gasteiger partial charge in [0.1, 0.15) is 11.5 Å². The highest BCUT2D eigenvalue weighted by Gasteiger charge is 2.22. The summed E-state index contributed by atoms with van der Waals surface area (Å²) in [7, 11) is 0. The zero-order valence-electron chi connectivity index (χ0n) is 13.1. The molecule has 0 saturated heterocycles. The average Bonchev–Trinajstić information content (AvgIpc) is 3.22. The van der Waals surface area contributed by atoms with Crippen LogP contribution in [0.3, 0.4) is 0 Å². The molecule has 0 amide bonds. The highest BCUT2D eigenvalue weighted by molar-refractivity contribution is 9.10. The molecule has 0 spiro atoms. The predicted octanol–water partition coefficient (Wildman–Crippen LogP) is 5.69. The first kappa shape index (κ1) is 15.7. The predicted molar refractivity (Wildman–Crippen MR) is 100 cm³/mol. The van der Waals surface area contributed by atoms with Crippen molar-refractivity contribution in [3.05, 3.63) is 94.4 Å². The minimum absolute atomic E-state index is 0.380. The van der Waals surface area contributed by atoms with Gasteiger partial charge in [-0.3, -0.25) is 0 Å². The summed E-state index contributed by atoms with van der Waals surface area (Å²) in [4.78, 5) is 12.1. The van der Waals surface area contributed by atoms with E-state index < -0.39 is 0 Å². The van der Waals surface area contributed by atoms with Crippen molar-refractivity contribution in [2.75, 3.05) is 0 Å². The monoisotopic (exact) mass is 392 g/mol. The van der Waals surface area contributed by atoms with Gasteiger partial charge in [-0.25, -0.2) is 4.79 Å². The summed E-state index contributed by atoms with van der Waals surface area (Å²) in [5.41, 5.74) is 3.59. The number of halogens is 1. The lowest BCUT2D eigenvalue weighted by atomic mass is 10.0. The molecule has 1 aliphatic rings. The van der Waals surface area contributed by atoms with E-state index in [0.29, 0.717) is 21.8 Å². The van der Waals surface area contributed by atoms with Crippen molar-refractivity contribution >= 4 is 33.7 Å². The molecule has 4 rings (SSSR count). The maximum absolute atomic E-state index is 12.1. The Morgan fingerprint density at radius 3 is 2.16 bits per heavy atom. The van der Waals surface area contributed by atoms with E-state index >= 15 is 0 Å². The Bertz CT molecular complexity index is 979. The lowest BCUT2D eigenvalue weighted by Crippen LogP contribution is -1.96. The number of ether oxygens (including phenoxy) is 1. The van der Waals surface area contributed by atoms with Gasteiger partial charge in [-0.15, -0.1) is 0 Å². The summed E-state index contributed by atoms with van der Waals surface area (Å²) in [6.45, 7) is 0. The summed E-state index contributed by atoms with van der Waals surface area (Å²) in [5.74, 6) is 0.756. The highest BCUT2D eigenvalue weighted by Crippen LogP contribution is 2.29. The van der Waals surface area contributed by atoms with E-state index in [1.165, 1.54) is 0 Å². The number of hydrogen-bond acceptors (Lipinski definition) is 3. The zero-order valence-corrected chi connectivity index (χ0v) is 14.7. The Hall–Kier alpha value is -2.85. The Labute approximate surface area is 153 Å². The first-order valence-corrected chi connectivity index (χ1v) is 8.55. The van der Waals surface area contributed by atoms with Gasteiger partial charge in [-0.2, -0.15) is 0 Å². The van der Waals surface area contributed by atoms with Crippen molar-refractivity contribution in [2.24, 2.45) is 0 Å². The molecule has 25 heavy (non-hydrogen) atoms. The quantitative estimate of drug-likeness (QED) is 0.424. The maximum Gasteiger partial charge on any atom is 0.343 e. The summed E-state index contributed by atoms with van der Waals surface area (Å²) >= 11 is 3.24. The van der Waals surface area contributed by atoms with Crippen molar-refractivity contribution in [1.29, 1.82) is 0 Å². The first-order valence-electron chi connectivity index (χ1n) is 7.76. The van der Waals surface area contributed by atoms with Crippen LogP contribution in [0.2, 0.25) is 0 Å². The van der Waals surface area contributed by atoms with Crippen molar-refractivity contribution in [3.8, 4) is 11.1 Å². The van der Waals surface area contributed by atoms with Crippen LogP contribution in [0.25, 0.3) is 23.0 Å². The second kappa shape index (κ2) is 6.57. The largest absolute Gasteiger partial charge is 0.450 e. The summed E-state index contributed by atoms with van der Waals surface area (Å²) in [6, 6.07) is 21.6. The number of carbonyl (C=O) groups is 1. The van der Waals surface area contributed by atoms with Gasteiger partial charge in [0.2, 0.25) is 0 Å². The Kier molecular flexibility index (Phi) is 4.12. The zero-order chi connectivity index (χ0) is 17.2. The van der Waals surface area contributed by atoms with Crippen molar-refractivity contribution < 1.29 is 13.9 Å². The van der Waals surface area contributed by atoms with Crippen LogP contribution in [0.1, 0.15) is 11.3 Å². The van der Waals surface area contributed by atoms with Gasteiger partial charge in [0.15, 0.2) is 4.67 Å². The molecular formula is C21H13BrO3. The normalized spacial score (nSPS) is 15.3. The van der Waals surface area contributed by atoms with Gasteiger partial charge >= 0.3 is 5.97 Å². The van der Waals surface area contributed by atoms with Gasteiger partial charge in [0.05, 0.1) is 5.57 Å². The number of carbonyl (C=O) groups excluding carboxylic acids is 1. The third-order valence-corrected chi connectivity index (χ3v) is 4.32. The van der Waals surface area contributed by atoms with E-state index in [9.17, 15) is 4.79 Å². The topological polar surface area (TPSA) is 39.4 Å². The molecule has 0 fully saturated rings. The van der Waals surface area contributed by atoms with Crippen LogP contribution in [-0.2, 0) is 9.53 Å². The third kappa shape index (κ3) is 3.35. The molecule has 0 aliphatic carbocycles. The Balaban J connectivity index is 1.61. The molecule has 3 nitrogen and oxygen atoms in total. The molecule has 0 radical (unpaired) electrons. The number of esters is 1. The van der Waals surface area contributed by atoms with E-state index in [1.54, 1.807) is 24.3 Å². The molecular weight excluding hydrogens is 380 g/mol. The van der Waals surface area contributed by atoms with Crippen LogP contribution < -0.4 is 0 Å². The molecule has 0 bridgehead atoms. The van der Waals surface area contributed by atoms with E-state index in [0.717, 1.165) is 16.7 Å². The van der Waals surface area contributed by atoms with E-state index in [4.69, 9.17) is 9.15 Å². The molecule has 4 heteroatoms. The van der Waals surface area contributed by atoms with Gasteiger partial charge < -0.3 is 9.15 Å². The molecule has 0 unspecified atom stereocenters. The highest BCUT2D eigenvalue weighted by atomic mass is 79.9. The van der Waals surface area contributed by atoms with Gasteiger partial charge in [-0.05, 0) is 51.3 Å². The van der Waals surface area contributed by atoms with Crippen LogP contribution in [0.4, 0.5) is 0 Å². The minimum Gasteiger partial charge on any atom is -0.450 e. The molecule has 1 aromatic heterocycles. The minimum atomic E-state index is -0.380. The Morgan fingerprint density at radius 2 is 1.48 bits per heavy atom. The molecule has 3 aromatic rings. The second-order valence-corrected chi connectivity index (χ2v) is 6.36. The standard InChI is InChI=1S/C21H13BrO3/c22-20-11-10-18(24-20)12-17-13-19(25-21(17)23)16-8-6-15(7-9-16)14-4-2-1-3-5-14/h1-13H. The number of benzene rings is 2. The smallest absolute Gasteiger partial charge is 0.343 e. The van der Waals surface area contributed by atoms with Crippen molar-refractivity contribution in [1.82, 2.24) is 0 Å². The third-order valence-electron chi connectivity index (χ3n) is 3.89. The van der Waals surface area contributed by atoms with Crippen LogP contribution >= 0.6 is 15.9 Å². The number of cyclic esters (lactones) is 1. The second-order valence-electron chi connectivity index (χ2n) is 5.58. The SMILES string of the molecule is O=C1OC(c2ccc(-c3ccccc3)cc2)=CC1=Cc1ccc(Br)o1. The van der Waals surface area contributed by atoms with E-state index in [-0.39, 0.29) is 5.97 Å². The lowest BCUT2D eigenvalue weighted by molar-refractivity contribution is -0.130. The number of hydrogen-bond donors (Lipinski definition) is 0. The summed E-state index contributed by atoms with van der Waals surface area (Å²) in [5, 5.41) is 0. The molecule has 2 heterocycles. The molecule has 1 aliphatic heterocycles. The van der Waals surface area contributed by atoms with E-state index in [2.05, 4.69) is 28.1 Å². The molecule has 2 aromatic carbocycles. The summed E-state index contributed by atoms with van der Waals surface area (Å²) < 4.78 is 11.4. The van der Waals surface area contributed by atoms with Crippen LogP contribution in [-0.4, -0.2) is 5.97 Å².